The molecule has 0 saturated heterocycles. The number of hydrogen-bond acceptors (Lipinski definition) is 6. The molecule has 0 radical (unpaired) electrons. The van der Waals surface area contributed by atoms with Crippen LogP contribution in [0.25, 0.3) is 17.3 Å². The lowest BCUT2D eigenvalue weighted by atomic mass is 9.96. The molecule has 0 unspecified atom stereocenters. The number of nitrogens with one attached hydrogen (secondary N) is 1. The molecule has 0 bridgehead atoms. The molecule has 0 aliphatic rings. The Hall–Kier alpha value is -3.03. The van der Waals surface area contributed by atoms with Crippen molar-refractivity contribution in [3.63, 3.8) is 0 Å². The first-order chi connectivity index (χ1) is 12.7. The highest BCUT2D eigenvalue weighted by Crippen LogP contribution is 2.23. The second-order valence-corrected chi connectivity index (χ2v) is 7.76. The van der Waals surface area contributed by atoms with E-state index in [-0.39, 0.29) is 17.4 Å². The van der Waals surface area contributed by atoms with Crippen molar-refractivity contribution in [3.8, 4) is 17.3 Å². The van der Waals surface area contributed by atoms with Crippen LogP contribution >= 0.6 is 0 Å². The lowest BCUT2D eigenvalue weighted by Gasteiger charge is -2.10. The van der Waals surface area contributed by atoms with Crippen molar-refractivity contribution in [2.45, 2.75) is 53.0 Å². The zero-order valence-corrected chi connectivity index (χ0v) is 16.4. The summed E-state index contributed by atoms with van der Waals surface area (Å²) in [5.41, 5.74) is 1.79. The third-order valence-corrected chi connectivity index (χ3v) is 3.98. The molecule has 0 aliphatic heterocycles. The van der Waals surface area contributed by atoms with Crippen LogP contribution in [-0.2, 0) is 5.41 Å². The fraction of sp³-hybridized carbons (Fsp3) is 0.421. The van der Waals surface area contributed by atoms with E-state index in [4.69, 9.17) is 4.52 Å². The molecule has 0 saturated carbocycles. The van der Waals surface area contributed by atoms with Crippen LogP contribution in [0, 0.1) is 6.92 Å². The fourth-order valence-electron chi connectivity index (χ4n) is 2.49. The Labute approximate surface area is 158 Å². The summed E-state index contributed by atoms with van der Waals surface area (Å²) < 4.78 is 6.97. The van der Waals surface area contributed by atoms with Gasteiger partial charge in [-0.05, 0) is 32.9 Å². The zero-order chi connectivity index (χ0) is 19.8. The van der Waals surface area contributed by atoms with Crippen LogP contribution < -0.4 is 5.32 Å². The van der Waals surface area contributed by atoms with E-state index in [1.165, 1.54) is 0 Å². The highest BCUT2D eigenvalue weighted by Gasteiger charge is 2.22. The molecular weight excluding hydrogens is 344 g/mol. The van der Waals surface area contributed by atoms with Gasteiger partial charge >= 0.3 is 0 Å². The third kappa shape index (κ3) is 3.89. The second kappa shape index (κ2) is 6.94. The predicted molar refractivity (Wildman–Crippen MR) is 101 cm³/mol. The number of aromatic nitrogens is 5. The summed E-state index contributed by atoms with van der Waals surface area (Å²) in [6.45, 7) is 11.7. The van der Waals surface area contributed by atoms with Crippen LogP contribution in [0.1, 0.15) is 56.5 Å². The van der Waals surface area contributed by atoms with Gasteiger partial charge in [0.25, 0.3) is 11.8 Å². The highest BCUT2D eigenvalue weighted by atomic mass is 16.5. The minimum absolute atomic E-state index is 0.0602. The number of hydrogen-bond donors (Lipinski definition) is 1. The topological polar surface area (TPSA) is 98.7 Å². The molecule has 1 amide bonds. The molecule has 8 nitrogen and oxygen atoms in total. The summed E-state index contributed by atoms with van der Waals surface area (Å²) in [5, 5.41) is 11.2. The number of nitrogens with zero attached hydrogens (tertiary/aromatic N) is 5. The van der Waals surface area contributed by atoms with Gasteiger partial charge in [-0.25, -0.2) is 9.67 Å². The van der Waals surface area contributed by atoms with Gasteiger partial charge in [0.05, 0.1) is 23.0 Å². The van der Waals surface area contributed by atoms with Gasteiger partial charge in [-0.15, -0.1) is 0 Å². The van der Waals surface area contributed by atoms with Crippen molar-refractivity contribution < 1.29 is 9.32 Å². The van der Waals surface area contributed by atoms with E-state index in [0.717, 1.165) is 11.3 Å². The fourth-order valence-corrected chi connectivity index (χ4v) is 2.49. The number of pyridine rings is 1. The number of carbonyl (C=O) groups excluding carboxylic acids is 1. The van der Waals surface area contributed by atoms with Gasteiger partial charge in [0, 0.05) is 17.7 Å². The average Bonchev–Trinajstić information content (AvgIpc) is 3.21. The van der Waals surface area contributed by atoms with E-state index in [2.05, 4.69) is 25.5 Å². The molecule has 0 aromatic carbocycles. The summed E-state index contributed by atoms with van der Waals surface area (Å²) >= 11 is 0. The second-order valence-electron chi connectivity index (χ2n) is 7.76. The van der Waals surface area contributed by atoms with Crippen LogP contribution in [-0.4, -0.2) is 36.9 Å². The van der Waals surface area contributed by atoms with Gasteiger partial charge < -0.3 is 9.84 Å². The minimum Gasteiger partial charge on any atom is -0.350 e. The Kier molecular flexibility index (Phi) is 4.82. The Morgan fingerprint density at radius 1 is 1.22 bits per heavy atom. The maximum absolute atomic E-state index is 12.2. The number of rotatable bonds is 4. The number of amides is 1. The summed E-state index contributed by atoms with van der Waals surface area (Å²) in [6, 6.07) is 3.71. The lowest BCUT2D eigenvalue weighted by Crippen LogP contribution is -2.30. The predicted octanol–water partition coefficient (Wildman–Crippen LogP) is 3.06. The summed E-state index contributed by atoms with van der Waals surface area (Å²) in [4.78, 5) is 21.1. The van der Waals surface area contributed by atoms with E-state index >= 15 is 0 Å². The largest absolute Gasteiger partial charge is 0.350 e. The SMILES string of the molecule is Cc1c(C(=O)NC(C)C)cnn1-c1ccc(-c2nc(C(C)(C)C)no2)cn1. The van der Waals surface area contributed by atoms with Crippen LogP contribution in [0.15, 0.2) is 29.0 Å². The van der Waals surface area contributed by atoms with Gasteiger partial charge in [0.15, 0.2) is 11.6 Å². The van der Waals surface area contributed by atoms with Crippen molar-refractivity contribution in [1.29, 1.82) is 0 Å². The molecule has 142 valence electrons. The van der Waals surface area contributed by atoms with E-state index < -0.39 is 0 Å². The van der Waals surface area contributed by atoms with E-state index in [0.29, 0.717) is 23.1 Å². The molecule has 0 fully saturated rings. The van der Waals surface area contributed by atoms with Crippen molar-refractivity contribution in [2.75, 3.05) is 0 Å². The maximum Gasteiger partial charge on any atom is 0.259 e. The molecule has 3 aromatic heterocycles. The first-order valence-corrected chi connectivity index (χ1v) is 8.83. The Bertz CT molecular complexity index is 947. The van der Waals surface area contributed by atoms with E-state index in [9.17, 15) is 4.79 Å². The molecule has 3 aromatic rings. The Balaban J connectivity index is 1.85. The highest BCUT2D eigenvalue weighted by molar-refractivity contribution is 5.95. The average molecular weight is 368 g/mol. The molecule has 8 heteroatoms. The van der Waals surface area contributed by atoms with Gasteiger partial charge in [-0.3, -0.25) is 4.79 Å². The summed E-state index contributed by atoms with van der Waals surface area (Å²) in [6.07, 6.45) is 3.21. The summed E-state index contributed by atoms with van der Waals surface area (Å²) in [5.74, 6) is 1.53. The van der Waals surface area contributed by atoms with Gasteiger partial charge in [0.2, 0.25) is 0 Å². The van der Waals surface area contributed by atoms with Crippen LogP contribution in [0.3, 0.4) is 0 Å². The van der Waals surface area contributed by atoms with Crippen LogP contribution in [0.5, 0.6) is 0 Å². The smallest absolute Gasteiger partial charge is 0.259 e. The maximum atomic E-state index is 12.2. The lowest BCUT2D eigenvalue weighted by molar-refractivity contribution is 0.0942. The standard InChI is InChI=1S/C19H24N6O2/c1-11(2)22-16(26)14-10-21-25(12(14)3)15-8-7-13(9-20-15)17-23-18(24-27-17)19(4,5)6/h7-11H,1-6H3,(H,22,26). The molecule has 3 rings (SSSR count). The van der Waals surface area contributed by atoms with E-state index in [1.54, 1.807) is 23.1 Å². The summed E-state index contributed by atoms with van der Waals surface area (Å²) in [7, 11) is 0. The number of carbonyl (C=O) groups is 1. The molecule has 1 N–H and O–H groups in total. The minimum atomic E-state index is -0.186. The monoisotopic (exact) mass is 368 g/mol. The first-order valence-electron chi connectivity index (χ1n) is 8.83. The van der Waals surface area contributed by atoms with Gasteiger partial charge in [0.1, 0.15) is 0 Å². The van der Waals surface area contributed by atoms with Crippen molar-refractivity contribution in [1.82, 2.24) is 30.2 Å². The van der Waals surface area contributed by atoms with Crippen molar-refractivity contribution >= 4 is 5.91 Å². The Morgan fingerprint density at radius 3 is 2.52 bits per heavy atom. The van der Waals surface area contributed by atoms with Gasteiger partial charge in [-0.1, -0.05) is 25.9 Å². The van der Waals surface area contributed by atoms with E-state index in [1.807, 2.05) is 47.6 Å². The normalized spacial score (nSPS) is 11.8. The molecule has 27 heavy (non-hydrogen) atoms. The quantitative estimate of drug-likeness (QED) is 0.760. The van der Waals surface area contributed by atoms with Crippen molar-refractivity contribution in [3.05, 3.63) is 41.6 Å². The Morgan fingerprint density at radius 2 is 1.96 bits per heavy atom. The van der Waals surface area contributed by atoms with Gasteiger partial charge in [-0.2, -0.15) is 10.1 Å². The van der Waals surface area contributed by atoms with Crippen LogP contribution in [0.4, 0.5) is 0 Å². The third-order valence-electron chi connectivity index (χ3n) is 3.98. The first kappa shape index (κ1) is 18.8. The molecule has 0 atom stereocenters. The molecular formula is C19H24N6O2. The molecule has 0 aliphatic carbocycles. The van der Waals surface area contributed by atoms with Crippen LogP contribution in [0.2, 0.25) is 0 Å². The van der Waals surface area contributed by atoms with Crippen molar-refractivity contribution in [2.24, 2.45) is 0 Å². The molecule has 3 heterocycles. The zero-order valence-electron chi connectivity index (χ0n) is 16.4. The molecule has 0 spiro atoms.